The number of hydrogen-bond acceptors (Lipinski definition) is 2. The average molecular weight is 391 g/mol. The first-order valence-corrected chi connectivity index (χ1v) is 9.27. The highest BCUT2D eigenvalue weighted by atomic mass is 79.9. The van der Waals surface area contributed by atoms with E-state index in [2.05, 4.69) is 100 Å². The smallest absolute Gasteiger partial charge is 0.102 e. The predicted molar refractivity (Wildman–Crippen MR) is 107 cm³/mol. The van der Waals surface area contributed by atoms with E-state index in [4.69, 9.17) is 4.99 Å². The number of hydrogen-bond donors (Lipinski definition) is 1. The lowest BCUT2D eigenvalue weighted by Crippen LogP contribution is -2.25. The van der Waals surface area contributed by atoms with Gasteiger partial charge in [-0.25, -0.2) is 0 Å². The van der Waals surface area contributed by atoms with E-state index in [1.807, 2.05) is 6.07 Å². The van der Waals surface area contributed by atoms with Gasteiger partial charge in [-0.1, -0.05) is 94.8 Å². The highest BCUT2D eigenvalue weighted by Crippen LogP contribution is 2.36. The molecule has 0 aromatic heterocycles. The maximum atomic E-state index is 5.04. The van der Waals surface area contributed by atoms with E-state index in [0.717, 1.165) is 16.7 Å². The number of amidine groups is 1. The molecule has 1 aliphatic heterocycles. The van der Waals surface area contributed by atoms with Crippen LogP contribution in [0.5, 0.6) is 0 Å². The van der Waals surface area contributed by atoms with Gasteiger partial charge in [0.15, 0.2) is 0 Å². The zero-order valence-corrected chi connectivity index (χ0v) is 15.4. The average Bonchev–Trinajstić information content (AvgIpc) is 3.09. The van der Waals surface area contributed by atoms with Gasteiger partial charge >= 0.3 is 0 Å². The van der Waals surface area contributed by atoms with Crippen LogP contribution in [0.4, 0.5) is 0 Å². The Hall–Kier alpha value is -2.39. The number of aliphatic imine (C=N–C) groups is 1. The molecule has 25 heavy (non-hydrogen) atoms. The van der Waals surface area contributed by atoms with Crippen molar-refractivity contribution in [1.82, 2.24) is 5.32 Å². The molecule has 124 valence electrons. The van der Waals surface area contributed by atoms with Crippen molar-refractivity contribution >= 4 is 21.8 Å². The van der Waals surface area contributed by atoms with Crippen molar-refractivity contribution in [1.29, 1.82) is 0 Å². The first kappa shape index (κ1) is 16.1. The highest BCUT2D eigenvalue weighted by Gasteiger charge is 2.31. The molecule has 0 saturated carbocycles. The van der Waals surface area contributed by atoms with Gasteiger partial charge in [0.2, 0.25) is 0 Å². The van der Waals surface area contributed by atoms with E-state index >= 15 is 0 Å². The second-order valence-electron chi connectivity index (χ2n) is 6.23. The molecule has 0 bridgehead atoms. The van der Waals surface area contributed by atoms with Gasteiger partial charge in [-0.05, 0) is 22.8 Å². The fraction of sp³-hybridized carbons (Fsp3) is 0.136. The normalized spacial score (nSPS) is 19.3. The van der Waals surface area contributed by atoms with Gasteiger partial charge in [0.05, 0.1) is 6.04 Å². The minimum atomic E-state index is 0.0982. The summed E-state index contributed by atoms with van der Waals surface area (Å²) in [5, 5.41) is 3.66. The molecule has 0 radical (unpaired) electrons. The molecule has 2 atom stereocenters. The number of benzene rings is 3. The first-order chi connectivity index (χ1) is 12.3. The standard InChI is InChI=1S/C22H19BrN2/c23-19-14-8-7-13-18(19)15-20-24-21(16-9-3-1-4-10-16)22(25-20)17-11-5-2-6-12-17/h1-14,21-22H,15H2,(H,24,25). The van der Waals surface area contributed by atoms with E-state index in [0.29, 0.717) is 0 Å². The van der Waals surface area contributed by atoms with Crippen LogP contribution in [0.25, 0.3) is 0 Å². The number of nitrogens with zero attached hydrogens (tertiary/aromatic N) is 1. The molecule has 3 heteroatoms. The van der Waals surface area contributed by atoms with Crippen LogP contribution in [0.3, 0.4) is 0 Å². The summed E-state index contributed by atoms with van der Waals surface area (Å²) in [6.45, 7) is 0. The number of rotatable bonds is 4. The van der Waals surface area contributed by atoms with Crippen molar-refractivity contribution in [3.8, 4) is 0 Å². The van der Waals surface area contributed by atoms with Gasteiger partial charge < -0.3 is 5.32 Å². The van der Waals surface area contributed by atoms with Gasteiger partial charge in [-0.3, -0.25) is 4.99 Å². The van der Waals surface area contributed by atoms with Crippen molar-refractivity contribution in [2.45, 2.75) is 18.5 Å². The molecule has 3 aromatic rings. The van der Waals surface area contributed by atoms with Crippen LogP contribution in [-0.4, -0.2) is 5.84 Å². The van der Waals surface area contributed by atoms with Crippen LogP contribution in [0.1, 0.15) is 28.8 Å². The van der Waals surface area contributed by atoms with Gasteiger partial charge in [-0.2, -0.15) is 0 Å². The summed E-state index contributed by atoms with van der Waals surface area (Å²) >= 11 is 3.64. The zero-order chi connectivity index (χ0) is 17.1. The molecule has 0 saturated heterocycles. The van der Waals surface area contributed by atoms with Gasteiger partial charge in [0.1, 0.15) is 11.9 Å². The topological polar surface area (TPSA) is 24.4 Å². The third-order valence-corrected chi connectivity index (χ3v) is 5.32. The minimum Gasteiger partial charge on any atom is -0.364 e. The zero-order valence-electron chi connectivity index (χ0n) is 13.8. The minimum absolute atomic E-state index is 0.0982. The monoisotopic (exact) mass is 390 g/mol. The van der Waals surface area contributed by atoms with Crippen molar-refractivity contribution in [3.63, 3.8) is 0 Å². The predicted octanol–water partition coefficient (Wildman–Crippen LogP) is 5.48. The maximum absolute atomic E-state index is 5.04. The van der Waals surface area contributed by atoms with Crippen LogP contribution >= 0.6 is 15.9 Å². The lowest BCUT2D eigenvalue weighted by Gasteiger charge is -2.19. The molecule has 0 spiro atoms. The summed E-state index contributed by atoms with van der Waals surface area (Å²) in [7, 11) is 0. The van der Waals surface area contributed by atoms with Crippen molar-refractivity contribution in [3.05, 3.63) is 106 Å². The molecule has 0 amide bonds. The molecule has 1 N–H and O–H groups in total. The molecule has 2 unspecified atom stereocenters. The first-order valence-electron chi connectivity index (χ1n) is 8.48. The fourth-order valence-corrected chi connectivity index (χ4v) is 3.73. The van der Waals surface area contributed by atoms with Gasteiger partial charge in [0.25, 0.3) is 0 Å². The van der Waals surface area contributed by atoms with E-state index in [1.54, 1.807) is 0 Å². The van der Waals surface area contributed by atoms with E-state index in [9.17, 15) is 0 Å². The molecule has 3 aromatic carbocycles. The van der Waals surface area contributed by atoms with Gasteiger partial charge in [0, 0.05) is 10.9 Å². The molecule has 4 rings (SSSR count). The summed E-state index contributed by atoms with van der Waals surface area (Å²) in [5.41, 5.74) is 3.75. The summed E-state index contributed by atoms with van der Waals surface area (Å²) in [4.78, 5) is 5.04. The Morgan fingerprint density at radius 1 is 0.760 bits per heavy atom. The fourth-order valence-electron chi connectivity index (χ4n) is 3.30. The van der Waals surface area contributed by atoms with Crippen LogP contribution in [0.2, 0.25) is 0 Å². The molecule has 1 heterocycles. The Kier molecular flexibility index (Phi) is 4.66. The van der Waals surface area contributed by atoms with E-state index in [1.165, 1.54) is 16.7 Å². The maximum Gasteiger partial charge on any atom is 0.102 e. The second-order valence-corrected chi connectivity index (χ2v) is 7.09. The molecule has 0 fully saturated rings. The third-order valence-electron chi connectivity index (χ3n) is 4.55. The van der Waals surface area contributed by atoms with Crippen molar-refractivity contribution < 1.29 is 0 Å². The Morgan fingerprint density at radius 3 is 2.04 bits per heavy atom. The van der Waals surface area contributed by atoms with Crippen LogP contribution in [0, 0.1) is 0 Å². The third kappa shape index (κ3) is 3.52. The summed E-state index contributed by atoms with van der Waals surface area (Å²) in [5.74, 6) is 1.04. The van der Waals surface area contributed by atoms with Crippen LogP contribution < -0.4 is 5.32 Å². The molecule has 0 aliphatic carbocycles. The van der Waals surface area contributed by atoms with E-state index < -0.39 is 0 Å². The van der Waals surface area contributed by atoms with Crippen LogP contribution in [0.15, 0.2) is 94.4 Å². The van der Waals surface area contributed by atoms with Gasteiger partial charge in [-0.15, -0.1) is 0 Å². The SMILES string of the molecule is Brc1ccccc1CC1=NC(c2ccccc2)C(c2ccccc2)N1. The van der Waals surface area contributed by atoms with E-state index in [-0.39, 0.29) is 12.1 Å². The Labute approximate surface area is 156 Å². The highest BCUT2D eigenvalue weighted by molar-refractivity contribution is 9.10. The summed E-state index contributed by atoms with van der Waals surface area (Å²) in [6.07, 6.45) is 0.800. The summed E-state index contributed by atoms with van der Waals surface area (Å²) < 4.78 is 1.12. The molecular weight excluding hydrogens is 372 g/mol. The molecule has 2 nitrogen and oxygen atoms in total. The van der Waals surface area contributed by atoms with Crippen molar-refractivity contribution in [2.75, 3.05) is 0 Å². The lowest BCUT2D eigenvalue weighted by atomic mass is 9.95. The molecular formula is C22H19BrN2. The largest absolute Gasteiger partial charge is 0.364 e. The Bertz CT molecular complexity index is 875. The van der Waals surface area contributed by atoms with Crippen molar-refractivity contribution in [2.24, 2.45) is 4.99 Å². The Morgan fingerprint density at radius 2 is 1.36 bits per heavy atom. The number of nitrogens with one attached hydrogen (secondary N) is 1. The second kappa shape index (κ2) is 7.24. The quantitative estimate of drug-likeness (QED) is 0.626. The lowest BCUT2D eigenvalue weighted by molar-refractivity contribution is 0.572. The summed E-state index contributed by atoms with van der Waals surface area (Å²) in [6, 6.07) is 29.7. The molecule has 1 aliphatic rings. The Balaban J connectivity index is 1.66. The number of halogens is 1. The van der Waals surface area contributed by atoms with Crippen LogP contribution in [-0.2, 0) is 6.42 Å².